The third kappa shape index (κ3) is 4.70. The van der Waals surface area contributed by atoms with E-state index in [0.717, 1.165) is 12.8 Å². The quantitative estimate of drug-likeness (QED) is 0.693. The smallest absolute Gasteiger partial charge is 0.413 e. The zero-order chi connectivity index (χ0) is 12.7. The summed E-state index contributed by atoms with van der Waals surface area (Å²) in [4.78, 5) is 24.4. The number of ether oxygens (including phenoxy) is 1. The molecule has 0 unspecified atom stereocenters. The van der Waals surface area contributed by atoms with Gasteiger partial charge >= 0.3 is 6.09 Å². The molecule has 1 fully saturated rings. The molecule has 2 amide bonds. The van der Waals surface area contributed by atoms with E-state index in [9.17, 15) is 9.59 Å². The van der Waals surface area contributed by atoms with Gasteiger partial charge in [0, 0.05) is 19.2 Å². The minimum absolute atomic E-state index is 0.113. The summed E-state index contributed by atoms with van der Waals surface area (Å²) in [5, 5.41) is 10.9. The molecular formula is C11H20N2O4. The molecule has 0 aromatic rings. The number of amides is 2. The molecule has 1 rings (SSSR count). The van der Waals surface area contributed by atoms with E-state index >= 15 is 0 Å². The number of aliphatic hydroxyl groups excluding tert-OH is 1. The number of hydrogen-bond donors (Lipinski definition) is 2. The van der Waals surface area contributed by atoms with Crippen molar-refractivity contribution < 1.29 is 19.4 Å². The number of carbonyl (C=O) groups excluding carboxylic acids is 2. The highest BCUT2D eigenvalue weighted by atomic mass is 16.5. The SMILES string of the molecule is COC(=O)NC(=O)CN(CCCO)C1CCC1. The molecule has 6 nitrogen and oxygen atoms in total. The van der Waals surface area contributed by atoms with E-state index < -0.39 is 6.09 Å². The van der Waals surface area contributed by atoms with E-state index in [-0.39, 0.29) is 19.1 Å². The highest BCUT2D eigenvalue weighted by molar-refractivity contribution is 5.92. The van der Waals surface area contributed by atoms with Crippen LogP contribution in [0.5, 0.6) is 0 Å². The number of nitrogens with zero attached hydrogens (tertiary/aromatic N) is 1. The predicted molar refractivity (Wildman–Crippen MR) is 61.5 cm³/mol. The molecule has 98 valence electrons. The van der Waals surface area contributed by atoms with Crippen LogP contribution in [0.3, 0.4) is 0 Å². The molecule has 1 saturated carbocycles. The predicted octanol–water partition coefficient (Wildman–Crippen LogP) is 0.106. The summed E-state index contributed by atoms with van der Waals surface area (Å²) in [6, 6.07) is 0.407. The first-order valence-electron chi connectivity index (χ1n) is 5.90. The number of nitrogens with one attached hydrogen (secondary N) is 1. The minimum atomic E-state index is -0.731. The largest absolute Gasteiger partial charge is 0.453 e. The fourth-order valence-electron chi connectivity index (χ4n) is 1.81. The summed E-state index contributed by atoms with van der Waals surface area (Å²) < 4.78 is 4.35. The van der Waals surface area contributed by atoms with Gasteiger partial charge in [0.2, 0.25) is 5.91 Å². The lowest BCUT2D eigenvalue weighted by atomic mass is 9.91. The second-order valence-corrected chi connectivity index (χ2v) is 4.17. The third-order valence-corrected chi connectivity index (χ3v) is 2.97. The van der Waals surface area contributed by atoms with E-state index in [0.29, 0.717) is 19.0 Å². The van der Waals surface area contributed by atoms with Crippen LogP contribution in [0.2, 0.25) is 0 Å². The summed E-state index contributed by atoms with van der Waals surface area (Å²) in [7, 11) is 1.22. The fourth-order valence-corrected chi connectivity index (χ4v) is 1.81. The molecule has 0 radical (unpaired) electrons. The molecule has 0 aromatic carbocycles. The third-order valence-electron chi connectivity index (χ3n) is 2.97. The minimum Gasteiger partial charge on any atom is -0.453 e. The van der Waals surface area contributed by atoms with Crippen molar-refractivity contribution in [2.24, 2.45) is 0 Å². The van der Waals surface area contributed by atoms with Gasteiger partial charge in [-0.05, 0) is 19.3 Å². The molecule has 6 heteroatoms. The summed E-state index contributed by atoms with van der Waals surface area (Å²) >= 11 is 0. The maximum absolute atomic E-state index is 11.5. The first kappa shape index (κ1) is 13.9. The second kappa shape index (κ2) is 7.24. The fraction of sp³-hybridized carbons (Fsp3) is 0.818. The number of hydrogen-bond acceptors (Lipinski definition) is 5. The van der Waals surface area contributed by atoms with Gasteiger partial charge in [-0.1, -0.05) is 6.42 Å². The standard InChI is InChI=1S/C11H20N2O4/c1-17-11(16)12-10(15)8-13(6-3-7-14)9-4-2-5-9/h9,14H,2-8H2,1H3,(H,12,15,16). The Hall–Kier alpha value is -1.14. The van der Waals surface area contributed by atoms with Crippen LogP contribution in [-0.2, 0) is 9.53 Å². The average molecular weight is 244 g/mol. The monoisotopic (exact) mass is 244 g/mol. The van der Waals surface area contributed by atoms with Gasteiger partial charge in [-0.25, -0.2) is 4.79 Å². The van der Waals surface area contributed by atoms with Crippen molar-refractivity contribution >= 4 is 12.0 Å². The van der Waals surface area contributed by atoms with Gasteiger partial charge in [0.1, 0.15) is 0 Å². The van der Waals surface area contributed by atoms with E-state index in [1.165, 1.54) is 13.5 Å². The summed E-state index contributed by atoms with van der Waals surface area (Å²) in [5.74, 6) is -0.360. The highest BCUT2D eigenvalue weighted by Crippen LogP contribution is 2.24. The summed E-state index contributed by atoms with van der Waals surface area (Å²) in [5.41, 5.74) is 0. The number of carbonyl (C=O) groups is 2. The van der Waals surface area contributed by atoms with Crippen molar-refractivity contribution in [2.75, 3.05) is 26.8 Å². The van der Waals surface area contributed by atoms with Gasteiger partial charge in [0.25, 0.3) is 0 Å². The normalized spacial score (nSPS) is 15.5. The topological polar surface area (TPSA) is 78.9 Å². The Morgan fingerprint density at radius 3 is 2.65 bits per heavy atom. The molecule has 1 aliphatic carbocycles. The Balaban J connectivity index is 2.36. The van der Waals surface area contributed by atoms with E-state index in [4.69, 9.17) is 5.11 Å². The molecule has 0 heterocycles. The lowest BCUT2D eigenvalue weighted by molar-refractivity contribution is -0.122. The van der Waals surface area contributed by atoms with Crippen LogP contribution in [0.1, 0.15) is 25.7 Å². The number of methoxy groups -OCH3 is 1. The Morgan fingerprint density at radius 1 is 1.47 bits per heavy atom. The maximum Gasteiger partial charge on any atom is 0.413 e. The van der Waals surface area contributed by atoms with Crippen LogP contribution in [0.25, 0.3) is 0 Å². The molecule has 0 saturated heterocycles. The summed E-state index contributed by atoms with van der Waals surface area (Å²) in [6.45, 7) is 0.970. The van der Waals surface area contributed by atoms with Crippen LogP contribution in [0.15, 0.2) is 0 Å². The molecule has 17 heavy (non-hydrogen) atoms. The van der Waals surface area contributed by atoms with Crippen molar-refractivity contribution in [2.45, 2.75) is 31.7 Å². The molecule has 1 aliphatic rings. The van der Waals surface area contributed by atoms with E-state index in [1.54, 1.807) is 0 Å². The Morgan fingerprint density at radius 2 is 2.18 bits per heavy atom. The van der Waals surface area contributed by atoms with E-state index in [1.807, 2.05) is 4.90 Å². The van der Waals surface area contributed by atoms with Crippen LogP contribution >= 0.6 is 0 Å². The number of aliphatic hydroxyl groups is 1. The number of alkyl carbamates (subject to hydrolysis) is 1. The average Bonchev–Trinajstić information content (AvgIpc) is 2.23. The molecule has 2 N–H and O–H groups in total. The van der Waals surface area contributed by atoms with Crippen molar-refractivity contribution in [3.63, 3.8) is 0 Å². The van der Waals surface area contributed by atoms with Crippen LogP contribution < -0.4 is 5.32 Å². The molecule has 0 atom stereocenters. The van der Waals surface area contributed by atoms with Crippen molar-refractivity contribution in [1.29, 1.82) is 0 Å². The molecular weight excluding hydrogens is 224 g/mol. The lowest BCUT2D eigenvalue weighted by Crippen LogP contribution is -2.47. The Kier molecular flexibility index (Phi) is 5.93. The molecule has 0 bridgehead atoms. The highest BCUT2D eigenvalue weighted by Gasteiger charge is 2.26. The van der Waals surface area contributed by atoms with Gasteiger partial charge < -0.3 is 9.84 Å². The molecule has 0 aromatic heterocycles. The van der Waals surface area contributed by atoms with Gasteiger partial charge in [-0.15, -0.1) is 0 Å². The van der Waals surface area contributed by atoms with Crippen LogP contribution in [-0.4, -0.2) is 54.9 Å². The van der Waals surface area contributed by atoms with Crippen LogP contribution in [0.4, 0.5) is 4.79 Å². The zero-order valence-corrected chi connectivity index (χ0v) is 10.1. The second-order valence-electron chi connectivity index (χ2n) is 4.17. The first-order chi connectivity index (χ1) is 8.17. The van der Waals surface area contributed by atoms with E-state index in [2.05, 4.69) is 10.1 Å². The Bertz CT molecular complexity index is 266. The summed E-state index contributed by atoms with van der Waals surface area (Å²) in [6.07, 6.45) is 3.25. The van der Waals surface area contributed by atoms with Crippen LogP contribution in [0, 0.1) is 0 Å². The van der Waals surface area contributed by atoms with Gasteiger partial charge in [0.05, 0.1) is 13.7 Å². The lowest BCUT2D eigenvalue weighted by Gasteiger charge is -2.36. The number of imide groups is 1. The van der Waals surface area contributed by atoms with Gasteiger partial charge in [-0.2, -0.15) is 0 Å². The van der Waals surface area contributed by atoms with Crippen molar-refractivity contribution in [3.8, 4) is 0 Å². The van der Waals surface area contributed by atoms with Crippen molar-refractivity contribution in [1.82, 2.24) is 10.2 Å². The van der Waals surface area contributed by atoms with Crippen molar-refractivity contribution in [3.05, 3.63) is 0 Å². The van der Waals surface area contributed by atoms with Gasteiger partial charge in [-0.3, -0.25) is 15.0 Å². The first-order valence-corrected chi connectivity index (χ1v) is 5.90. The molecule has 0 aliphatic heterocycles. The van der Waals surface area contributed by atoms with Gasteiger partial charge in [0.15, 0.2) is 0 Å². The molecule has 0 spiro atoms. The maximum atomic E-state index is 11.5. The number of rotatable bonds is 6. The zero-order valence-electron chi connectivity index (χ0n) is 10.1. The Labute approximate surface area is 101 Å².